The molecule has 5 aromatic rings. The van der Waals surface area contributed by atoms with E-state index in [0.29, 0.717) is 11.6 Å². The maximum Gasteiger partial charge on any atom is 0.341 e. The van der Waals surface area contributed by atoms with Gasteiger partial charge in [-0.05, 0) is 48.9 Å². The van der Waals surface area contributed by atoms with Crippen molar-refractivity contribution in [1.29, 1.82) is 0 Å². The number of carboxylic acids is 1. The summed E-state index contributed by atoms with van der Waals surface area (Å²) in [5.74, 6) is 0.783. The van der Waals surface area contributed by atoms with Crippen molar-refractivity contribution in [2.45, 2.75) is 13.8 Å². The minimum atomic E-state index is -1.01. The van der Waals surface area contributed by atoms with Crippen LogP contribution in [0.5, 0.6) is 5.75 Å². The number of carbonyl (C=O) groups is 1. The average Bonchev–Trinajstić information content (AvgIpc) is 3.28. The molecule has 0 atom stereocenters. The fourth-order valence-electron chi connectivity index (χ4n) is 3.84. The van der Waals surface area contributed by atoms with Gasteiger partial charge in [0.25, 0.3) is 0 Å². The van der Waals surface area contributed by atoms with Gasteiger partial charge in [-0.25, -0.2) is 9.78 Å². The number of rotatable bonds is 6. The highest BCUT2D eigenvalue weighted by Gasteiger charge is 2.18. The van der Waals surface area contributed by atoms with E-state index in [0.717, 1.165) is 38.9 Å². The molecule has 0 saturated carbocycles. The smallest absolute Gasteiger partial charge is 0.341 e. The maximum atomic E-state index is 10.8. The molecule has 0 saturated heterocycles. The fourth-order valence-corrected chi connectivity index (χ4v) is 3.84. The van der Waals surface area contributed by atoms with E-state index in [1.54, 1.807) is 6.07 Å². The second-order valence-electron chi connectivity index (χ2n) is 8.33. The summed E-state index contributed by atoms with van der Waals surface area (Å²) in [5.41, 5.74) is 6.00. The van der Waals surface area contributed by atoms with Crippen molar-refractivity contribution in [2.24, 2.45) is 0 Å². The molecular weight excluding hydrogens is 426 g/mol. The van der Waals surface area contributed by atoms with Gasteiger partial charge in [0.05, 0.1) is 0 Å². The van der Waals surface area contributed by atoms with E-state index in [1.165, 1.54) is 11.1 Å². The lowest BCUT2D eigenvalue weighted by molar-refractivity contribution is -0.139. The number of oxazole rings is 1. The molecule has 0 bridgehead atoms. The van der Waals surface area contributed by atoms with Gasteiger partial charge in [0.2, 0.25) is 5.89 Å². The number of aryl methyl sites for hydroxylation is 2. The summed E-state index contributed by atoms with van der Waals surface area (Å²) < 4.78 is 11.6. The molecule has 0 radical (unpaired) electrons. The summed E-state index contributed by atoms with van der Waals surface area (Å²) in [4.78, 5) is 15.7. The van der Waals surface area contributed by atoms with Crippen molar-refractivity contribution in [3.63, 3.8) is 0 Å². The molecule has 0 spiro atoms. The Morgan fingerprint density at radius 2 is 1.38 bits per heavy atom. The summed E-state index contributed by atoms with van der Waals surface area (Å²) in [6.07, 6.45) is 0. The van der Waals surface area contributed by atoms with Gasteiger partial charge in [-0.3, -0.25) is 0 Å². The molecule has 0 fully saturated rings. The molecule has 5 rings (SSSR count). The lowest BCUT2D eigenvalue weighted by Crippen LogP contribution is -2.09. The van der Waals surface area contributed by atoms with Gasteiger partial charge >= 0.3 is 5.97 Å². The number of hydrogen-bond donors (Lipinski definition) is 1. The predicted molar refractivity (Wildman–Crippen MR) is 133 cm³/mol. The first-order chi connectivity index (χ1) is 16.5. The number of nitrogens with zero attached hydrogens (tertiary/aromatic N) is 1. The van der Waals surface area contributed by atoms with Gasteiger partial charge in [0.15, 0.2) is 12.4 Å². The molecule has 0 aliphatic heterocycles. The van der Waals surface area contributed by atoms with Crippen molar-refractivity contribution in [2.75, 3.05) is 6.61 Å². The van der Waals surface area contributed by atoms with Gasteiger partial charge < -0.3 is 14.3 Å². The number of carboxylic acid groups (broad SMARTS) is 1. The van der Waals surface area contributed by atoms with Crippen molar-refractivity contribution >= 4 is 16.7 Å². The number of aromatic nitrogens is 1. The van der Waals surface area contributed by atoms with Crippen LogP contribution < -0.4 is 4.74 Å². The first-order valence-electron chi connectivity index (χ1n) is 11.0. The zero-order valence-electron chi connectivity index (χ0n) is 18.9. The Hall–Kier alpha value is -4.38. The van der Waals surface area contributed by atoms with Crippen LogP contribution in [0, 0.1) is 13.8 Å². The third-order valence-electron chi connectivity index (χ3n) is 5.69. The number of hydrogen-bond acceptors (Lipinski definition) is 4. The highest BCUT2D eigenvalue weighted by Crippen LogP contribution is 2.37. The summed E-state index contributed by atoms with van der Waals surface area (Å²) >= 11 is 0. The fraction of sp³-hybridized carbons (Fsp3) is 0.103. The zero-order chi connectivity index (χ0) is 23.7. The predicted octanol–water partition coefficient (Wildman–Crippen LogP) is 6.91. The van der Waals surface area contributed by atoms with Crippen LogP contribution >= 0.6 is 0 Å². The molecule has 4 aromatic carbocycles. The molecule has 1 heterocycles. The molecule has 5 heteroatoms. The Balaban J connectivity index is 1.57. The lowest BCUT2D eigenvalue weighted by Gasteiger charge is -2.06. The zero-order valence-corrected chi connectivity index (χ0v) is 18.9. The van der Waals surface area contributed by atoms with E-state index < -0.39 is 5.97 Å². The minimum absolute atomic E-state index is 0.372. The van der Waals surface area contributed by atoms with Crippen LogP contribution in [0.3, 0.4) is 0 Å². The van der Waals surface area contributed by atoms with Gasteiger partial charge in [0, 0.05) is 16.7 Å². The van der Waals surface area contributed by atoms with Crippen LogP contribution in [0.15, 0.2) is 89.3 Å². The SMILES string of the molecule is Cc1ccc(-c2nc(-c3ccc4cc(OCC(=O)O)ccc4c3)oc2-c2ccc(C)cc2)cc1. The van der Waals surface area contributed by atoms with Gasteiger partial charge in [-0.2, -0.15) is 0 Å². The van der Waals surface area contributed by atoms with E-state index in [4.69, 9.17) is 19.2 Å². The second-order valence-corrected chi connectivity index (χ2v) is 8.33. The topological polar surface area (TPSA) is 72.6 Å². The summed E-state index contributed by atoms with van der Waals surface area (Å²) in [5, 5.41) is 10.7. The van der Waals surface area contributed by atoms with E-state index in [9.17, 15) is 4.79 Å². The molecular formula is C29H23NO4. The third kappa shape index (κ3) is 4.41. The molecule has 0 unspecified atom stereocenters. The molecule has 0 aliphatic rings. The largest absolute Gasteiger partial charge is 0.482 e. The molecule has 1 aromatic heterocycles. The normalized spacial score (nSPS) is 11.0. The Morgan fingerprint density at radius 1 is 0.794 bits per heavy atom. The standard InChI is InChI=1S/C29H23NO4/c1-18-3-7-20(8-4-18)27-28(21-9-5-19(2)6-10-21)34-29(30-27)24-12-11-23-16-25(33-17-26(31)32)14-13-22(23)15-24/h3-16H,17H2,1-2H3,(H,31,32). The third-order valence-corrected chi connectivity index (χ3v) is 5.69. The van der Waals surface area contributed by atoms with Crippen LogP contribution in [-0.4, -0.2) is 22.7 Å². The average molecular weight is 450 g/mol. The summed E-state index contributed by atoms with van der Waals surface area (Å²) in [6.45, 7) is 3.75. The highest BCUT2D eigenvalue weighted by atomic mass is 16.5. The summed E-state index contributed by atoms with van der Waals surface area (Å²) in [6, 6.07) is 27.9. The first-order valence-corrected chi connectivity index (χ1v) is 11.0. The van der Waals surface area contributed by atoms with E-state index in [1.807, 2.05) is 30.3 Å². The van der Waals surface area contributed by atoms with Crippen LogP contribution in [0.4, 0.5) is 0 Å². The number of aliphatic carboxylic acids is 1. The van der Waals surface area contributed by atoms with Crippen LogP contribution in [-0.2, 0) is 4.79 Å². The van der Waals surface area contributed by atoms with Crippen LogP contribution in [0.25, 0.3) is 44.8 Å². The quantitative estimate of drug-likeness (QED) is 0.305. The minimum Gasteiger partial charge on any atom is -0.482 e. The number of fused-ring (bicyclic) bond motifs is 1. The Kier molecular flexibility index (Phi) is 5.60. The Labute approximate surface area is 197 Å². The molecule has 1 N–H and O–H groups in total. The van der Waals surface area contributed by atoms with Crippen molar-refractivity contribution < 1.29 is 19.1 Å². The molecule has 5 nitrogen and oxygen atoms in total. The van der Waals surface area contributed by atoms with E-state index in [-0.39, 0.29) is 6.61 Å². The molecule has 34 heavy (non-hydrogen) atoms. The van der Waals surface area contributed by atoms with Crippen molar-refractivity contribution in [3.8, 4) is 39.8 Å². The van der Waals surface area contributed by atoms with Gasteiger partial charge in [-0.15, -0.1) is 0 Å². The summed E-state index contributed by atoms with van der Waals surface area (Å²) in [7, 11) is 0. The number of ether oxygens (including phenoxy) is 1. The molecule has 168 valence electrons. The van der Waals surface area contributed by atoms with Gasteiger partial charge in [-0.1, -0.05) is 71.8 Å². The van der Waals surface area contributed by atoms with Crippen molar-refractivity contribution in [1.82, 2.24) is 4.98 Å². The monoisotopic (exact) mass is 449 g/mol. The molecule has 0 amide bonds. The maximum absolute atomic E-state index is 10.8. The lowest BCUT2D eigenvalue weighted by atomic mass is 10.0. The van der Waals surface area contributed by atoms with Crippen LogP contribution in [0.2, 0.25) is 0 Å². The molecule has 0 aliphatic carbocycles. The second kappa shape index (κ2) is 8.87. The van der Waals surface area contributed by atoms with E-state index >= 15 is 0 Å². The van der Waals surface area contributed by atoms with Gasteiger partial charge in [0.1, 0.15) is 11.4 Å². The number of benzene rings is 4. The van der Waals surface area contributed by atoms with Crippen LogP contribution in [0.1, 0.15) is 11.1 Å². The van der Waals surface area contributed by atoms with Crippen molar-refractivity contribution in [3.05, 3.63) is 96.1 Å². The first kappa shape index (κ1) is 21.5. The highest BCUT2D eigenvalue weighted by molar-refractivity contribution is 5.88. The Morgan fingerprint density at radius 3 is 2.06 bits per heavy atom. The van der Waals surface area contributed by atoms with E-state index in [2.05, 4.69) is 62.4 Å². The Bertz CT molecular complexity index is 1420.